The average Bonchev–Trinajstić information content (AvgIpc) is 2.81. The van der Waals surface area contributed by atoms with Crippen molar-refractivity contribution in [1.82, 2.24) is 25.2 Å². The second-order valence-corrected chi connectivity index (χ2v) is 3.66. The van der Waals surface area contributed by atoms with E-state index in [-0.39, 0.29) is 0 Å². The summed E-state index contributed by atoms with van der Waals surface area (Å²) in [7, 11) is 0. The van der Waals surface area contributed by atoms with E-state index < -0.39 is 11.9 Å². The van der Waals surface area contributed by atoms with Crippen molar-refractivity contribution >= 4 is 5.97 Å². The molecule has 2 aromatic rings. The minimum absolute atomic E-state index is 0.564. The molecule has 0 radical (unpaired) electrons. The molecule has 2 heterocycles. The monoisotopic (exact) mass is 233 g/mol. The molecule has 88 valence electrons. The van der Waals surface area contributed by atoms with E-state index in [1.54, 1.807) is 26.0 Å². The van der Waals surface area contributed by atoms with E-state index in [9.17, 15) is 4.79 Å². The third kappa shape index (κ3) is 2.12. The summed E-state index contributed by atoms with van der Waals surface area (Å²) in [5, 5.41) is 19.7. The van der Waals surface area contributed by atoms with Gasteiger partial charge >= 0.3 is 5.97 Å². The minimum Gasteiger partial charge on any atom is -0.481 e. The fourth-order valence-electron chi connectivity index (χ4n) is 1.54. The number of pyridine rings is 1. The van der Waals surface area contributed by atoms with Crippen LogP contribution in [0.4, 0.5) is 0 Å². The van der Waals surface area contributed by atoms with Gasteiger partial charge in [0.1, 0.15) is 6.33 Å². The van der Waals surface area contributed by atoms with Gasteiger partial charge in [-0.3, -0.25) is 4.79 Å². The van der Waals surface area contributed by atoms with E-state index >= 15 is 0 Å². The van der Waals surface area contributed by atoms with Crippen LogP contribution in [-0.4, -0.2) is 36.3 Å². The van der Waals surface area contributed by atoms with E-state index in [2.05, 4.69) is 20.5 Å². The van der Waals surface area contributed by atoms with E-state index in [0.717, 1.165) is 0 Å². The van der Waals surface area contributed by atoms with Gasteiger partial charge in [-0.25, -0.2) is 4.98 Å². The van der Waals surface area contributed by atoms with Crippen LogP contribution in [0.2, 0.25) is 0 Å². The highest BCUT2D eigenvalue weighted by Gasteiger charge is 2.17. The van der Waals surface area contributed by atoms with Gasteiger partial charge in [-0.2, -0.15) is 4.68 Å². The molecule has 0 bridgehead atoms. The van der Waals surface area contributed by atoms with Gasteiger partial charge < -0.3 is 5.11 Å². The normalized spacial score (nSPS) is 12.4. The lowest BCUT2D eigenvalue weighted by Crippen LogP contribution is -2.11. The van der Waals surface area contributed by atoms with Crippen LogP contribution < -0.4 is 0 Å². The maximum Gasteiger partial charge on any atom is 0.310 e. The Bertz CT molecular complexity index is 538. The Morgan fingerprint density at radius 3 is 2.76 bits per heavy atom. The largest absolute Gasteiger partial charge is 0.481 e. The second kappa shape index (κ2) is 4.28. The molecular formula is C10H11N5O2. The zero-order chi connectivity index (χ0) is 12.4. The first-order chi connectivity index (χ1) is 8.09. The number of carboxylic acid groups (broad SMARTS) is 1. The van der Waals surface area contributed by atoms with Crippen LogP contribution >= 0.6 is 0 Å². The van der Waals surface area contributed by atoms with Gasteiger partial charge in [0.05, 0.1) is 5.92 Å². The Hall–Kier alpha value is -2.31. The van der Waals surface area contributed by atoms with Gasteiger partial charge in [0.2, 0.25) is 0 Å². The number of carboxylic acids is 1. The van der Waals surface area contributed by atoms with Crippen molar-refractivity contribution in [3.05, 3.63) is 29.7 Å². The molecule has 0 amide bonds. The standard InChI is InChI=1S/C10H11N5O2/c1-6(10(16)17)8-3-4-9(12-7(8)2)15-5-11-13-14-15/h3-6H,1-2H3,(H,16,17)/t6-/m1/s1. The molecule has 7 heteroatoms. The molecule has 0 saturated heterocycles. The van der Waals surface area contributed by atoms with Gasteiger partial charge in [0.25, 0.3) is 0 Å². The molecule has 7 nitrogen and oxygen atoms in total. The number of aryl methyl sites for hydroxylation is 1. The molecular weight excluding hydrogens is 222 g/mol. The van der Waals surface area contributed by atoms with Gasteiger partial charge in [-0.05, 0) is 35.9 Å². The lowest BCUT2D eigenvalue weighted by molar-refractivity contribution is -0.138. The number of hydrogen-bond acceptors (Lipinski definition) is 5. The number of nitrogens with zero attached hydrogens (tertiary/aromatic N) is 5. The molecule has 1 atom stereocenters. The molecule has 0 saturated carbocycles. The third-order valence-corrected chi connectivity index (χ3v) is 2.53. The number of aromatic nitrogens is 5. The quantitative estimate of drug-likeness (QED) is 0.832. The Balaban J connectivity index is 2.39. The van der Waals surface area contributed by atoms with Crippen molar-refractivity contribution < 1.29 is 9.90 Å². The first kappa shape index (κ1) is 11.2. The molecule has 0 fully saturated rings. The predicted molar refractivity (Wildman–Crippen MR) is 57.7 cm³/mol. The number of tetrazole rings is 1. The summed E-state index contributed by atoms with van der Waals surface area (Å²) in [5.41, 5.74) is 1.35. The maximum absolute atomic E-state index is 10.9. The van der Waals surface area contributed by atoms with Crippen LogP contribution in [0.3, 0.4) is 0 Å². The van der Waals surface area contributed by atoms with Crippen molar-refractivity contribution in [2.75, 3.05) is 0 Å². The SMILES string of the molecule is Cc1nc(-n2cnnn2)ccc1[C@@H](C)C(=O)O. The molecule has 0 aliphatic rings. The summed E-state index contributed by atoms with van der Waals surface area (Å²) in [6, 6.07) is 3.43. The molecule has 0 spiro atoms. The first-order valence-electron chi connectivity index (χ1n) is 5.03. The summed E-state index contributed by atoms with van der Waals surface area (Å²) in [6.07, 6.45) is 1.43. The number of rotatable bonds is 3. The van der Waals surface area contributed by atoms with Crippen molar-refractivity contribution in [2.24, 2.45) is 0 Å². The van der Waals surface area contributed by atoms with E-state index in [1.165, 1.54) is 11.0 Å². The first-order valence-corrected chi connectivity index (χ1v) is 5.03. The van der Waals surface area contributed by atoms with Crippen LogP contribution in [0, 0.1) is 6.92 Å². The summed E-state index contributed by atoms with van der Waals surface area (Å²) in [5.74, 6) is -0.885. The Kier molecular flexibility index (Phi) is 2.82. The Morgan fingerprint density at radius 1 is 1.47 bits per heavy atom. The van der Waals surface area contributed by atoms with Crippen molar-refractivity contribution in [3.8, 4) is 5.82 Å². The zero-order valence-electron chi connectivity index (χ0n) is 9.40. The Labute approximate surface area is 97.1 Å². The maximum atomic E-state index is 10.9. The molecule has 1 N–H and O–H groups in total. The van der Waals surface area contributed by atoms with Crippen molar-refractivity contribution in [2.45, 2.75) is 19.8 Å². The highest BCUT2D eigenvalue weighted by Crippen LogP contribution is 2.19. The van der Waals surface area contributed by atoms with Crippen LogP contribution in [0.5, 0.6) is 0 Å². The molecule has 2 rings (SSSR count). The summed E-state index contributed by atoms with van der Waals surface area (Å²) >= 11 is 0. The van der Waals surface area contributed by atoms with Crippen molar-refractivity contribution in [1.29, 1.82) is 0 Å². The van der Waals surface area contributed by atoms with Gasteiger partial charge in [0, 0.05) is 5.69 Å². The Morgan fingerprint density at radius 2 is 2.24 bits per heavy atom. The van der Waals surface area contributed by atoms with Gasteiger partial charge in [-0.15, -0.1) is 5.10 Å². The third-order valence-electron chi connectivity index (χ3n) is 2.53. The van der Waals surface area contributed by atoms with E-state index in [0.29, 0.717) is 17.1 Å². The highest BCUT2D eigenvalue weighted by molar-refractivity contribution is 5.75. The number of aliphatic carboxylic acids is 1. The smallest absolute Gasteiger partial charge is 0.310 e. The lowest BCUT2D eigenvalue weighted by atomic mass is 10.0. The van der Waals surface area contributed by atoms with E-state index in [4.69, 9.17) is 5.11 Å². The fourth-order valence-corrected chi connectivity index (χ4v) is 1.54. The topological polar surface area (TPSA) is 93.8 Å². The second-order valence-electron chi connectivity index (χ2n) is 3.66. The summed E-state index contributed by atoms with van der Waals surface area (Å²) in [6.45, 7) is 3.39. The summed E-state index contributed by atoms with van der Waals surface area (Å²) in [4.78, 5) is 15.2. The van der Waals surface area contributed by atoms with Crippen molar-refractivity contribution in [3.63, 3.8) is 0 Å². The molecule has 0 unspecified atom stereocenters. The van der Waals surface area contributed by atoms with Crippen LogP contribution in [-0.2, 0) is 4.79 Å². The van der Waals surface area contributed by atoms with Gasteiger partial charge in [0.15, 0.2) is 5.82 Å². The van der Waals surface area contributed by atoms with Gasteiger partial charge in [-0.1, -0.05) is 6.07 Å². The molecule has 17 heavy (non-hydrogen) atoms. The fraction of sp³-hybridized carbons (Fsp3) is 0.300. The van der Waals surface area contributed by atoms with Crippen LogP contribution in [0.25, 0.3) is 5.82 Å². The zero-order valence-corrected chi connectivity index (χ0v) is 9.40. The van der Waals surface area contributed by atoms with Crippen LogP contribution in [0.1, 0.15) is 24.1 Å². The number of carbonyl (C=O) groups is 1. The molecule has 0 aliphatic heterocycles. The summed E-state index contributed by atoms with van der Waals surface area (Å²) < 4.78 is 1.42. The number of hydrogen-bond donors (Lipinski definition) is 1. The molecule has 0 aliphatic carbocycles. The van der Waals surface area contributed by atoms with Crippen LogP contribution in [0.15, 0.2) is 18.5 Å². The highest BCUT2D eigenvalue weighted by atomic mass is 16.4. The molecule has 0 aromatic carbocycles. The predicted octanol–water partition coefficient (Wildman–Crippen LogP) is 0.554. The average molecular weight is 233 g/mol. The minimum atomic E-state index is -0.870. The lowest BCUT2D eigenvalue weighted by Gasteiger charge is -2.10. The van der Waals surface area contributed by atoms with E-state index in [1.807, 2.05) is 0 Å². The molecule has 2 aromatic heterocycles.